The number of aryl methyl sites for hydroxylation is 1. The number of nitro groups is 1. The molecule has 114 valence electrons. The van der Waals surface area contributed by atoms with E-state index in [1.807, 2.05) is 0 Å². The molecule has 8 heteroatoms. The van der Waals surface area contributed by atoms with E-state index in [9.17, 15) is 19.7 Å². The minimum Gasteiger partial charge on any atom is -0.457 e. The van der Waals surface area contributed by atoms with Gasteiger partial charge in [-0.15, -0.1) is 0 Å². The third-order valence-corrected chi connectivity index (χ3v) is 2.77. The van der Waals surface area contributed by atoms with Gasteiger partial charge in [-0.05, 0) is 24.6 Å². The van der Waals surface area contributed by atoms with Crippen molar-refractivity contribution in [3.8, 4) is 0 Å². The molecule has 1 amide bonds. The molecule has 0 aliphatic rings. The monoisotopic (exact) mass is 304 g/mol. The molecule has 0 saturated carbocycles. The molecule has 1 aromatic heterocycles. The second-order valence-electron chi connectivity index (χ2n) is 4.33. The number of anilines is 1. The fourth-order valence-corrected chi connectivity index (χ4v) is 1.74. The van der Waals surface area contributed by atoms with Crippen molar-refractivity contribution in [1.29, 1.82) is 0 Å². The number of para-hydroxylation sites is 1. The molecule has 0 aliphatic carbocycles. The summed E-state index contributed by atoms with van der Waals surface area (Å²) in [5.74, 6) is -1.51. The number of nitro benzene ring substituents is 1. The first-order valence-corrected chi connectivity index (χ1v) is 6.23. The van der Waals surface area contributed by atoms with E-state index < -0.39 is 23.4 Å². The summed E-state index contributed by atoms with van der Waals surface area (Å²) >= 11 is 0. The topological polar surface area (TPSA) is 112 Å². The molecule has 1 N–H and O–H groups in total. The fourth-order valence-electron chi connectivity index (χ4n) is 1.74. The molecule has 0 bridgehead atoms. The van der Waals surface area contributed by atoms with Crippen LogP contribution in [-0.4, -0.2) is 23.4 Å². The average molecular weight is 304 g/mol. The smallest absolute Gasteiger partial charge is 0.374 e. The minimum atomic E-state index is -0.792. The number of benzene rings is 1. The normalized spacial score (nSPS) is 10.0. The van der Waals surface area contributed by atoms with Crippen molar-refractivity contribution in [2.45, 2.75) is 6.92 Å². The summed E-state index contributed by atoms with van der Waals surface area (Å²) in [7, 11) is 0. The van der Waals surface area contributed by atoms with Crippen molar-refractivity contribution in [3.63, 3.8) is 0 Å². The predicted octanol–water partition coefficient (Wildman–Crippen LogP) is 2.29. The van der Waals surface area contributed by atoms with Gasteiger partial charge in [0.1, 0.15) is 5.69 Å². The number of amides is 1. The van der Waals surface area contributed by atoms with Gasteiger partial charge in [0.15, 0.2) is 6.61 Å². The van der Waals surface area contributed by atoms with E-state index in [-0.39, 0.29) is 17.1 Å². The molecular formula is C14H12N2O6. The number of carbonyl (C=O) groups is 2. The molecule has 0 saturated heterocycles. The SMILES string of the molecule is Cc1cccc([N+](=O)[O-])c1NC(=O)COC(=O)c1ccco1. The minimum absolute atomic E-state index is 0.0327. The lowest BCUT2D eigenvalue weighted by molar-refractivity contribution is -0.384. The lowest BCUT2D eigenvalue weighted by Crippen LogP contribution is -2.21. The largest absolute Gasteiger partial charge is 0.457 e. The number of hydrogen-bond donors (Lipinski definition) is 1. The number of furan rings is 1. The van der Waals surface area contributed by atoms with Gasteiger partial charge in [0.25, 0.3) is 11.6 Å². The van der Waals surface area contributed by atoms with E-state index in [0.717, 1.165) is 0 Å². The third kappa shape index (κ3) is 3.48. The van der Waals surface area contributed by atoms with Gasteiger partial charge in [-0.2, -0.15) is 0 Å². The van der Waals surface area contributed by atoms with Crippen LogP contribution in [0.1, 0.15) is 16.1 Å². The summed E-state index contributed by atoms with van der Waals surface area (Å²) in [5.41, 5.74) is 0.372. The highest BCUT2D eigenvalue weighted by molar-refractivity contribution is 5.96. The Morgan fingerprint density at radius 3 is 2.73 bits per heavy atom. The molecule has 1 heterocycles. The van der Waals surface area contributed by atoms with Crippen LogP contribution in [0.25, 0.3) is 0 Å². The standard InChI is InChI=1S/C14H12N2O6/c1-9-4-2-5-10(16(19)20)13(9)15-12(17)8-22-14(18)11-6-3-7-21-11/h2-7H,8H2,1H3,(H,15,17). The zero-order valence-corrected chi connectivity index (χ0v) is 11.6. The van der Waals surface area contributed by atoms with Gasteiger partial charge in [0.05, 0.1) is 11.2 Å². The summed E-state index contributed by atoms with van der Waals surface area (Å²) in [4.78, 5) is 33.6. The molecular weight excluding hydrogens is 292 g/mol. The lowest BCUT2D eigenvalue weighted by Gasteiger charge is -2.08. The molecule has 2 rings (SSSR count). The molecule has 8 nitrogen and oxygen atoms in total. The zero-order valence-electron chi connectivity index (χ0n) is 11.6. The number of rotatable bonds is 5. The Labute approximate surface area is 124 Å². The summed E-state index contributed by atoms with van der Waals surface area (Å²) in [6.07, 6.45) is 1.30. The Bertz CT molecular complexity index is 708. The summed E-state index contributed by atoms with van der Waals surface area (Å²) in [5, 5.41) is 13.3. The average Bonchev–Trinajstić information content (AvgIpc) is 3.01. The van der Waals surface area contributed by atoms with E-state index in [4.69, 9.17) is 9.15 Å². The molecule has 0 spiro atoms. The highest BCUT2D eigenvalue weighted by atomic mass is 16.6. The van der Waals surface area contributed by atoms with Gasteiger partial charge in [0, 0.05) is 6.07 Å². The van der Waals surface area contributed by atoms with Crippen LogP contribution < -0.4 is 5.32 Å². The van der Waals surface area contributed by atoms with Crippen molar-refractivity contribution in [2.75, 3.05) is 11.9 Å². The number of carbonyl (C=O) groups excluding carboxylic acids is 2. The Balaban J connectivity index is 2.01. The maximum absolute atomic E-state index is 11.8. The molecule has 0 fully saturated rings. The van der Waals surface area contributed by atoms with E-state index >= 15 is 0 Å². The van der Waals surface area contributed by atoms with Crippen LogP contribution in [0.2, 0.25) is 0 Å². The van der Waals surface area contributed by atoms with Gasteiger partial charge >= 0.3 is 5.97 Å². The number of esters is 1. The van der Waals surface area contributed by atoms with Crippen LogP contribution in [0, 0.1) is 17.0 Å². The summed E-state index contributed by atoms with van der Waals surface area (Å²) in [6, 6.07) is 7.31. The van der Waals surface area contributed by atoms with Crippen molar-refractivity contribution >= 4 is 23.3 Å². The molecule has 2 aromatic rings. The Kier molecular flexibility index (Phi) is 4.52. The van der Waals surface area contributed by atoms with Crippen molar-refractivity contribution in [1.82, 2.24) is 0 Å². The Morgan fingerprint density at radius 2 is 2.09 bits per heavy atom. The van der Waals surface area contributed by atoms with Crippen LogP contribution in [-0.2, 0) is 9.53 Å². The van der Waals surface area contributed by atoms with E-state index in [1.54, 1.807) is 13.0 Å². The summed E-state index contributed by atoms with van der Waals surface area (Å²) in [6.45, 7) is 1.04. The van der Waals surface area contributed by atoms with E-state index in [1.165, 1.54) is 30.5 Å². The van der Waals surface area contributed by atoms with Crippen LogP contribution in [0.3, 0.4) is 0 Å². The first kappa shape index (κ1) is 15.2. The Morgan fingerprint density at radius 1 is 1.32 bits per heavy atom. The second-order valence-corrected chi connectivity index (χ2v) is 4.33. The third-order valence-electron chi connectivity index (χ3n) is 2.77. The van der Waals surface area contributed by atoms with Crippen LogP contribution in [0.5, 0.6) is 0 Å². The van der Waals surface area contributed by atoms with E-state index in [2.05, 4.69) is 5.32 Å². The maximum Gasteiger partial charge on any atom is 0.374 e. The van der Waals surface area contributed by atoms with E-state index in [0.29, 0.717) is 5.56 Å². The first-order valence-electron chi connectivity index (χ1n) is 6.23. The molecule has 1 aromatic carbocycles. The van der Waals surface area contributed by atoms with Crippen molar-refractivity contribution in [2.24, 2.45) is 0 Å². The number of ether oxygens (including phenoxy) is 1. The maximum atomic E-state index is 11.8. The highest BCUT2D eigenvalue weighted by Crippen LogP contribution is 2.27. The number of nitrogens with one attached hydrogen (secondary N) is 1. The first-order chi connectivity index (χ1) is 10.5. The lowest BCUT2D eigenvalue weighted by atomic mass is 10.1. The Hall–Kier alpha value is -3.16. The fraction of sp³-hybridized carbons (Fsp3) is 0.143. The molecule has 0 atom stereocenters. The van der Waals surface area contributed by atoms with Crippen LogP contribution >= 0.6 is 0 Å². The second kappa shape index (κ2) is 6.53. The molecule has 0 radical (unpaired) electrons. The quantitative estimate of drug-likeness (QED) is 0.515. The van der Waals surface area contributed by atoms with Crippen LogP contribution in [0.4, 0.5) is 11.4 Å². The van der Waals surface area contributed by atoms with Gasteiger partial charge in [-0.25, -0.2) is 4.79 Å². The molecule has 0 unspecified atom stereocenters. The van der Waals surface area contributed by atoms with Crippen molar-refractivity contribution in [3.05, 3.63) is 58.0 Å². The van der Waals surface area contributed by atoms with Crippen molar-refractivity contribution < 1.29 is 23.7 Å². The van der Waals surface area contributed by atoms with Gasteiger partial charge in [-0.3, -0.25) is 14.9 Å². The predicted molar refractivity (Wildman–Crippen MR) is 75.5 cm³/mol. The number of nitrogens with zero attached hydrogens (tertiary/aromatic N) is 1. The van der Waals surface area contributed by atoms with Gasteiger partial charge < -0.3 is 14.5 Å². The molecule has 0 aliphatic heterocycles. The summed E-state index contributed by atoms with van der Waals surface area (Å²) < 4.78 is 9.57. The zero-order chi connectivity index (χ0) is 16.1. The van der Waals surface area contributed by atoms with Gasteiger partial charge in [-0.1, -0.05) is 12.1 Å². The molecule has 22 heavy (non-hydrogen) atoms. The highest BCUT2D eigenvalue weighted by Gasteiger charge is 2.19. The van der Waals surface area contributed by atoms with Crippen LogP contribution in [0.15, 0.2) is 41.0 Å². The van der Waals surface area contributed by atoms with Gasteiger partial charge in [0.2, 0.25) is 5.76 Å². The number of hydrogen-bond acceptors (Lipinski definition) is 6.